The van der Waals surface area contributed by atoms with Crippen LogP contribution < -0.4 is 5.73 Å². The van der Waals surface area contributed by atoms with E-state index in [1.54, 1.807) is 0 Å². The van der Waals surface area contributed by atoms with Gasteiger partial charge in [-0.3, -0.25) is 0 Å². The Morgan fingerprint density at radius 2 is 2.10 bits per heavy atom. The van der Waals surface area contributed by atoms with Crippen molar-refractivity contribution in [3.63, 3.8) is 0 Å². The van der Waals surface area contributed by atoms with Crippen LogP contribution in [-0.4, -0.2) is 22.9 Å². The van der Waals surface area contributed by atoms with Crippen LogP contribution >= 0.6 is 0 Å². The summed E-state index contributed by atoms with van der Waals surface area (Å²) in [5.74, 6) is 1.01. The average Bonchev–Trinajstić information content (AvgIpc) is 2.95. The van der Waals surface area contributed by atoms with Gasteiger partial charge in [-0.2, -0.15) is 4.98 Å². The van der Waals surface area contributed by atoms with E-state index in [1.165, 1.54) is 12.0 Å². The molecule has 0 aliphatic heterocycles. The van der Waals surface area contributed by atoms with Crippen LogP contribution in [0.5, 0.6) is 0 Å². The molecule has 1 aliphatic rings. The first-order valence-electron chi connectivity index (χ1n) is 7.56. The summed E-state index contributed by atoms with van der Waals surface area (Å²) in [5, 5.41) is 3.97. The molecule has 2 N–H and O–H groups in total. The van der Waals surface area contributed by atoms with Gasteiger partial charge >= 0.3 is 0 Å². The minimum absolute atomic E-state index is 0.335. The number of hydrogen-bond acceptors (Lipinski definition) is 5. The maximum Gasteiger partial charge on any atom is 0.257 e. The molecule has 1 unspecified atom stereocenters. The third-order valence-corrected chi connectivity index (χ3v) is 3.95. The van der Waals surface area contributed by atoms with Gasteiger partial charge < -0.3 is 15.0 Å². The van der Waals surface area contributed by atoms with Gasteiger partial charge in [0.15, 0.2) is 5.82 Å². The molecule has 1 saturated carbocycles. The van der Waals surface area contributed by atoms with Crippen LogP contribution in [-0.2, 0) is 11.2 Å². The van der Waals surface area contributed by atoms with E-state index >= 15 is 0 Å². The monoisotopic (exact) mass is 287 g/mol. The second kappa shape index (κ2) is 6.37. The van der Waals surface area contributed by atoms with E-state index < -0.39 is 0 Å². The number of hydrogen-bond donors (Lipinski definition) is 1. The van der Waals surface area contributed by atoms with Gasteiger partial charge in [0.2, 0.25) is 0 Å². The lowest BCUT2D eigenvalue weighted by Gasteiger charge is -2.26. The van der Waals surface area contributed by atoms with E-state index in [4.69, 9.17) is 15.0 Å². The van der Waals surface area contributed by atoms with Crippen LogP contribution in [0.15, 0.2) is 28.8 Å². The first-order chi connectivity index (χ1) is 10.3. The van der Waals surface area contributed by atoms with Gasteiger partial charge in [-0.1, -0.05) is 24.2 Å². The van der Waals surface area contributed by atoms with Gasteiger partial charge in [0.25, 0.3) is 5.89 Å². The van der Waals surface area contributed by atoms with Gasteiger partial charge in [-0.05, 0) is 43.4 Å². The Bertz CT molecular complexity index is 575. The van der Waals surface area contributed by atoms with Crippen molar-refractivity contribution in [3.05, 3.63) is 35.7 Å². The van der Waals surface area contributed by atoms with Crippen LogP contribution in [0.4, 0.5) is 0 Å². The van der Waals surface area contributed by atoms with Gasteiger partial charge in [0.05, 0.1) is 18.8 Å². The number of nitrogens with two attached hydrogens (primary N) is 1. The quantitative estimate of drug-likeness (QED) is 0.884. The second-order valence-corrected chi connectivity index (χ2v) is 5.50. The van der Waals surface area contributed by atoms with Crippen LogP contribution in [0.3, 0.4) is 0 Å². The Kier molecular flexibility index (Phi) is 4.31. The van der Waals surface area contributed by atoms with E-state index in [0.717, 1.165) is 24.8 Å². The number of aryl methyl sites for hydroxylation is 1. The SMILES string of the molecule is CCc1ccc(-c2nc(C(N)COC3CCC3)no2)cc1. The van der Waals surface area contributed by atoms with Gasteiger partial charge in [0.1, 0.15) is 0 Å². The van der Waals surface area contributed by atoms with Crippen LogP contribution in [0.25, 0.3) is 11.5 Å². The van der Waals surface area contributed by atoms with Crippen molar-refractivity contribution in [1.82, 2.24) is 10.1 Å². The third kappa shape index (κ3) is 3.31. The molecule has 1 aromatic heterocycles. The second-order valence-electron chi connectivity index (χ2n) is 5.50. The van der Waals surface area contributed by atoms with Crippen molar-refractivity contribution in [3.8, 4) is 11.5 Å². The molecular weight excluding hydrogens is 266 g/mol. The standard InChI is InChI=1S/C16H21N3O2/c1-2-11-6-8-12(9-7-11)16-18-15(19-21-16)14(17)10-20-13-4-3-5-13/h6-9,13-14H,2-5,10,17H2,1H3. The maximum atomic E-state index is 6.05. The fourth-order valence-electron chi connectivity index (χ4n) is 2.24. The zero-order valence-electron chi connectivity index (χ0n) is 12.3. The van der Waals surface area contributed by atoms with Crippen molar-refractivity contribution in [2.75, 3.05) is 6.61 Å². The molecule has 1 aliphatic carbocycles. The number of aromatic nitrogens is 2. The number of benzene rings is 1. The van der Waals surface area contributed by atoms with E-state index in [2.05, 4.69) is 29.2 Å². The Hall–Kier alpha value is -1.72. The van der Waals surface area contributed by atoms with Crippen molar-refractivity contribution in [2.45, 2.75) is 44.8 Å². The predicted molar refractivity (Wildman–Crippen MR) is 79.6 cm³/mol. The fourth-order valence-corrected chi connectivity index (χ4v) is 2.24. The van der Waals surface area contributed by atoms with E-state index in [9.17, 15) is 0 Å². The lowest BCUT2D eigenvalue weighted by atomic mass is 9.96. The summed E-state index contributed by atoms with van der Waals surface area (Å²) >= 11 is 0. The normalized spacial score (nSPS) is 16.7. The summed E-state index contributed by atoms with van der Waals surface area (Å²) in [6.45, 7) is 2.57. The Morgan fingerprint density at radius 1 is 1.33 bits per heavy atom. The lowest BCUT2D eigenvalue weighted by molar-refractivity contribution is -0.00549. The predicted octanol–water partition coefficient (Wildman–Crippen LogP) is 2.87. The number of rotatable bonds is 6. The van der Waals surface area contributed by atoms with Crippen molar-refractivity contribution in [1.29, 1.82) is 0 Å². The van der Waals surface area contributed by atoms with E-state index in [1.807, 2.05) is 12.1 Å². The van der Waals surface area contributed by atoms with Gasteiger partial charge in [-0.15, -0.1) is 0 Å². The summed E-state index contributed by atoms with van der Waals surface area (Å²) in [7, 11) is 0. The molecule has 1 fully saturated rings. The fraction of sp³-hybridized carbons (Fsp3) is 0.500. The first-order valence-corrected chi connectivity index (χ1v) is 7.56. The van der Waals surface area contributed by atoms with Crippen molar-refractivity contribution in [2.24, 2.45) is 5.73 Å². The number of nitrogens with zero attached hydrogens (tertiary/aromatic N) is 2. The molecule has 112 valence electrons. The molecule has 0 spiro atoms. The summed E-state index contributed by atoms with van der Waals surface area (Å²) in [6.07, 6.45) is 4.89. The minimum Gasteiger partial charge on any atom is -0.376 e. The van der Waals surface area contributed by atoms with E-state index in [0.29, 0.717) is 24.4 Å². The highest BCUT2D eigenvalue weighted by atomic mass is 16.5. The first kappa shape index (κ1) is 14.2. The molecule has 0 radical (unpaired) electrons. The molecule has 1 atom stereocenters. The van der Waals surface area contributed by atoms with E-state index in [-0.39, 0.29) is 6.04 Å². The molecule has 5 heteroatoms. The highest BCUT2D eigenvalue weighted by Crippen LogP contribution is 2.24. The summed E-state index contributed by atoms with van der Waals surface area (Å²) < 4.78 is 11.0. The van der Waals surface area contributed by atoms with Gasteiger partial charge in [-0.25, -0.2) is 0 Å². The highest BCUT2D eigenvalue weighted by Gasteiger charge is 2.21. The van der Waals surface area contributed by atoms with Crippen molar-refractivity contribution >= 4 is 0 Å². The maximum absolute atomic E-state index is 6.05. The molecular formula is C16H21N3O2. The molecule has 0 bridgehead atoms. The van der Waals surface area contributed by atoms with Crippen LogP contribution in [0.1, 0.15) is 43.6 Å². The molecule has 1 aromatic carbocycles. The summed E-state index contributed by atoms with van der Waals surface area (Å²) in [5.41, 5.74) is 8.25. The molecule has 0 saturated heterocycles. The van der Waals surface area contributed by atoms with Crippen LogP contribution in [0.2, 0.25) is 0 Å². The molecule has 3 rings (SSSR count). The lowest BCUT2D eigenvalue weighted by Crippen LogP contribution is -2.27. The summed E-state index contributed by atoms with van der Waals surface area (Å²) in [4.78, 5) is 4.37. The number of ether oxygens (including phenoxy) is 1. The largest absolute Gasteiger partial charge is 0.376 e. The molecule has 1 heterocycles. The zero-order chi connectivity index (χ0) is 14.7. The van der Waals surface area contributed by atoms with Crippen LogP contribution in [0, 0.1) is 0 Å². The van der Waals surface area contributed by atoms with Crippen molar-refractivity contribution < 1.29 is 9.26 Å². The molecule has 0 amide bonds. The Morgan fingerprint density at radius 3 is 2.71 bits per heavy atom. The molecule has 21 heavy (non-hydrogen) atoms. The smallest absolute Gasteiger partial charge is 0.257 e. The Labute approximate surface area is 124 Å². The molecule has 2 aromatic rings. The molecule has 5 nitrogen and oxygen atoms in total. The Balaban J connectivity index is 1.63. The topological polar surface area (TPSA) is 74.2 Å². The average molecular weight is 287 g/mol. The third-order valence-electron chi connectivity index (χ3n) is 3.95. The summed E-state index contributed by atoms with van der Waals surface area (Å²) in [6, 6.07) is 7.79. The zero-order valence-corrected chi connectivity index (χ0v) is 12.3. The minimum atomic E-state index is -0.335. The van der Waals surface area contributed by atoms with Gasteiger partial charge in [0, 0.05) is 5.56 Å². The highest BCUT2D eigenvalue weighted by molar-refractivity contribution is 5.53.